The topological polar surface area (TPSA) is 38.3 Å². The Morgan fingerprint density at radius 3 is 2.30 bits per heavy atom. The van der Waals surface area contributed by atoms with Gasteiger partial charge in [-0.1, -0.05) is 0 Å². The molecule has 0 aromatic heterocycles. The molecule has 1 N–H and O–H groups in total. The number of rotatable bonds is 8. The summed E-state index contributed by atoms with van der Waals surface area (Å²) in [7, 11) is 0. The third kappa shape index (κ3) is 5.83. The van der Waals surface area contributed by atoms with Gasteiger partial charge in [0.2, 0.25) is 0 Å². The fourth-order valence-electron chi connectivity index (χ4n) is 2.28. The molecule has 23 heavy (non-hydrogen) atoms. The Morgan fingerprint density at radius 1 is 1.09 bits per heavy atom. The van der Waals surface area contributed by atoms with Crippen LogP contribution in [0.4, 0.5) is 0 Å². The number of nitrogens with one attached hydrogen (secondary N) is 1. The minimum absolute atomic E-state index is 0.159. The fourth-order valence-corrected chi connectivity index (χ4v) is 4.56. The van der Waals surface area contributed by atoms with Gasteiger partial charge in [0.15, 0.2) is 0 Å². The van der Waals surface area contributed by atoms with E-state index in [1.807, 2.05) is 43.3 Å². The maximum atomic E-state index is 12.3. The van der Waals surface area contributed by atoms with Crippen LogP contribution in [-0.2, 0) is 16.1 Å². The molecule has 0 bridgehead atoms. The standard InChI is InChI=1S/C19H23NO2Se/c1-3-22-19(21)18(20-14-16-10-6-4-7-11-16)15(2)23-17-12-8-5-9-13-17/h4-13,15,18,20H,3,14H2,1-2H3. The first-order valence-corrected chi connectivity index (χ1v) is 9.71. The SMILES string of the molecule is CCOC(=O)C(NCc1ccccc1)C(C)[Se]c1ccccc1. The van der Waals surface area contributed by atoms with Crippen LogP contribution in [0.2, 0.25) is 4.82 Å². The van der Waals surface area contributed by atoms with Crippen LogP contribution in [-0.4, -0.2) is 33.6 Å². The number of hydrogen-bond acceptors (Lipinski definition) is 3. The van der Waals surface area contributed by atoms with Crippen molar-refractivity contribution in [3.63, 3.8) is 0 Å². The summed E-state index contributed by atoms with van der Waals surface area (Å²) in [6.07, 6.45) is 0. The van der Waals surface area contributed by atoms with E-state index >= 15 is 0 Å². The molecule has 4 heteroatoms. The van der Waals surface area contributed by atoms with Gasteiger partial charge in [-0.3, -0.25) is 0 Å². The predicted molar refractivity (Wildman–Crippen MR) is 95.0 cm³/mol. The molecule has 0 radical (unpaired) electrons. The van der Waals surface area contributed by atoms with Crippen molar-refractivity contribution in [1.82, 2.24) is 5.32 Å². The Kier molecular flexibility index (Phi) is 7.34. The van der Waals surface area contributed by atoms with Crippen LogP contribution >= 0.6 is 0 Å². The predicted octanol–water partition coefficient (Wildman–Crippen LogP) is 2.55. The second-order valence-corrected chi connectivity index (χ2v) is 8.28. The van der Waals surface area contributed by atoms with E-state index in [0.29, 0.717) is 13.2 Å². The summed E-state index contributed by atoms with van der Waals surface area (Å²) in [5.74, 6) is -0.159. The van der Waals surface area contributed by atoms with E-state index in [4.69, 9.17) is 4.74 Å². The van der Waals surface area contributed by atoms with Crippen LogP contribution in [0.5, 0.6) is 0 Å². The Hall–Kier alpha value is -1.61. The zero-order valence-corrected chi connectivity index (χ0v) is 15.3. The first-order chi connectivity index (χ1) is 11.2. The number of carbonyl (C=O) groups is 1. The molecule has 0 heterocycles. The van der Waals surface area contributed by atoms with Crippen LogP contribution in [0.3, 0.4) is 0 Å². The zero-order chi connectivity index (χ0) is 16.5. The monoisotopic (exact) mass is 377 g/mol. The Bertz CT molecular complexity index is 589. The van der Waals surface area contributed by atoms with Crippen molar-refractivity contribution in [2.45, 2.75) is 31.3 Å². The summed E-state index contributed by atoms with van der Waals surface area (Å²) in [5, 5.41) is 3.38. The molecule has 0 amide bonds. The molecule has 3 nitrogen and oxygen atoms in total. The Morgan fingerprint density at radius 2 is 1.70 bits per heavy atom. The van der Waals surface area contributed by atoms with E-state index in [0.717, 1.165) is 0 Å². The van der Waals surface area contributed by atoms with E-state index in [-0.39, 0.29) is 31.8 Å². The van der Waals surface area contributed by atoms with Crippen molar-refractivity contribution in [3.8, 4) is 0 Å². The number of benzene rings is 2. The molecule has 2 aromatic carbocycles. The number of esters is 1. The second-order valence-electron chi connectivity index (χ2n) is 5.23. The van der Waals surface area contributed by atoms with Gasteiger partial charge in [-0.05, 0) is 0 Å². The van der Waals surface area contributed by atoms with Gasteiger partial charge in [0.1, 0.15) is 0 Å². The van der Waals surface area contributed by atoms with E-state index in [9.17, 15) is 4.79 Å². The average Bonchev–Trinajstić information content (AvgIpc) is 2.57. The van der Waals surface area contributed by atoms with Crippen LogP contribution in [0, 0.1) is 0 Å². The molecular weight excluding hydrogens is 353 g/mol. The van der Waals surface area contributed by atoms with Crippen LogP contribution in [0.1, 0.15) is 19.4 Å². The molecule has 2 unspecified atom stereocenters. The van der Waals surface area contributed by atoms with Gasteiger partial charge in [0, 0.05) is 0 Å². The van der Waals surface area contributed by atoms with E-state index in [1.54, 1.807) is 0 Å². The number of carbonyl (C=O) groups excluding carboxylic acids is 1. The van der Waals surface area contributed by atoms with Gasteiger partial charge in [0.05, 0.1) is 0 Å². The normalized spacial score (nSPS) is 13.3. The van der Waals surface area contributed by atoms with Crippen molar-refractivity contribution in [3.05, 3.63) is 66.2 Å². The number of ether oxygens (including phenoxy) is 1. The maximum absolute atomic E-state index is 12.3. The Balaban J connectivity index is 2.02. The van der Waals surface area contributed by atoms with Crippen LogP contribution in [0.25, 0.3) is 0 Å². The summed E-state index contributed by atoms with van der Waals surface area (Å²) in [6, 6.07) is 20.2. The van der Waals surface area contributed by atoms with Crippen LogP contribution < -0.4 is 9.78 Å². The zero-order valence-electron chi connectivity index (χ0n) is 13.6. The van der Waals surface area contributed by atoms with Gasteiger partial charge in [-0.15, -0.1) is 0 Å². The summed E-state index contributed by atoms with van der Waals surface area (Å²) >= 11 is 0.211. The molecule has 2 aromatic rings. The molecule has 0 aliphatic carbocycles. The Labute approximate surface area is 144 Å². The number of hydrogen-bond donors (Lipinski definition) is 1. The quantitative estimate of drug-likeness (QED) is 0.569. The van der Waals surface area contributed by atoms with Gasteiger partial charge in [-0.2, -0.15) is 0 Å². The summed E-state index contributed by atoms with van der Waals surface area (Å²) in [6.45, 7) is 5.04. The van der Waals surface area contributed by atoms with E-state index in [1.165, 1.54) is 10.0 Å². The molecule has 2 atom stereocenters. The third-order valence-corrected chi connectivity index (χ3v) is 5.94. The molecule has 0 saturated heterocycles. The molecule has 2 rings (SSSR count). The van der Waals surface area contributed by atoms with Crippen molar-refractivity contribution in [2.75, 3.05) is 6.61 Å². The minimum atomic E-state index is -0.282. The van der Waals surface area contributed by atoms with Gasteiger partial charge in [-0.25, -0.2) is 0 Å². The van der Waals surface area contributed by atoms with E-state index < -0.39 is 0 Å². The van der Waals surface area contributed by atoms with Crippen molar-refractivity contribution in [1.29, 1.82) is 0 Å². The first-order valence-electron chi connectivity index (χ1n) is 7.86. The summed E-state index contributed by atoms with van der Waals surface area (Å²) in [4.78, 5) is 12.5. The third-order valence-electron chi connectivity index (χ3n) is 3.44. The molecule has 0 aliphatic rings. The molecule has 0 saturated carbocycles. The fraction of sp³-hybridized carbons (Fsp3) is 0.316. The second kappa shape index (κ2) is 9.51. The molecule has 0 aliphatic heterocycles. The first kappa shape index (κ1) is 17.7. The van der Waals surface area contributed by atoms with Crippen LogP contribution in [0.15, 0.2) is 60.7 Å². The van der Waals surface area contributed by atoms with Crippen molar-refractivity contribution in [2.24, 2.45) is 0 Å². The van der Waals surface area contributed by atoms with Gasteiger partial charge < -0.3 is 0 Å². The molecule has 0 fully saturated rings. The molecular formula is C19H23NO2Se. The summed E-state index contributed by atoms with van der Waals surface area (Å²) in [5.41, 5.74) is 1.17. The van der Waals surface area contributed by atoms with Crippen molar-refractivity contribution < 1.29 is 9.53 Å². The van der Waals surface area contributed by atoms with E-state index in [2.05, 4.69) is 36.5 Å². The molecule has 0 spiro atoms. The summed E-state index contributed by atoms with van der Waals surface area (Å²) < 4.78 is 6.55. The average molecular weight is 376 g/mol. The molecule has 122 valence electrons. The van der Waals surface area contributed by atoms with Crippen molar-refractivity contribution >= 4 is 25.4 Å². The van der Waals surface area contributed by atoms with Gasteiger partial charge in [0.25, 0.3) is 0 Å². The van der Waals surface area contributed by atoms with Gasteiger partial charge >= 0.3 is 144 Å².